The van der Waals surface area contributed by atoms with Gasteiger partial charge >= 0.3 is 0 Å². The third-order valence-corrected chi connectivity index (χ3v) is 3.63. The molecule has 0 saturated heterocycles. The van der Waals surface area contributed by atoms with E-state index in [0.717, 1.165) is 5.56 Å². The molecule has 2 rings (SSSR count). The molecule has 0 fully saturated rings. The molecule has 1 atom stereocenters. The molecule has 0 aromatic heterocycles. The maximum Gasteiger partial charge on any atom is 0.220 e. The van der Waals surface area contributed by atoms with E-state index in [2.05, 4.69) is 5.32 Å². The number of amides is 1. The molecule has 3 nitrogen and oxygen atoms in total. The van der Waals surface area contributed by atoms with Crippen LogP contribution in [-0.4, -0.2) is 17.6 Å². The summed E-state index contributed by atoms with van der Waals surface area (Å²) in [5, 5.41) is 13.1. The molecule has 0 spiro atoms. The second-order valence-electron chi connectivity index (χ2n) is 4.97. The minimum atomic E-state index is -0.855. The fourth-order valence-corrected chi connectivity index (χ4v) is 2.37. The van der Waals surface area contributed by atoms with Crippen molar-refractivity contribution in [3.8, 4) is 0 Å². The quantitative estimate of drug-likeness (QED) is 0.858. The van der Waals surface area contributed by atoms with Gasteiger partial charge in [-0.3, -0.25) is 4.79 Å². The Morgan fingerprint density at radius 1 is 1.23 bits per heavy atom. The van der Waals surface area contributed by atoms with Gasteiger partial charge in [-0.15, -0.1) is 0 Å². The molecule has 2 aromatic rings. The van der Waals surface area contributed by atoms with Gasteiger partial charge in [-0.05, 0) is 30.2 Å². The van der Waals surface area contributed by atoms with E-state index in [4.69, 9.17) is 11.6 Å². The highest BCUT2D eigenvalue weighted by Gasteiger charge is 2.12. The standard InChI is InChI=1S/C17H17ClFNO2/c18-15-7-2-1-6-14(15)16(21)11-20-17(22)9-8-12-4-3-5-13(19)10-12/h1-7,10,16,21H,8-9,11H2,(H,20,22). The van der Waals surface area contributed by atoms with E-state index in [1.54, 1.807) is 36.4 Å². The number of rotatable bonds is 6. The number of hydrogen-bond donors (Lipinski definition) is 2. The van der Waals surface area contributed by atoms with Crippen LogP contribution in [0.2, 0.25) is 5.02 Å². The van der Waals surface area contributed by atoms with Crippen molar-refractivity contribution in [2.24, 2.45) is 0 Å². The van der Waals surface area contributed by atoms with Gasteiger partial charge in [-0.25, -0.2) is 4.39 Å². The van der Waals surface area contributed by atoms with Gasteiger partial charge in [0.2, 0.25) is 5.91 Å². The van der Waals surface area contributed by atoms with Crippen molar-refractivity contribution < 1.29 is 14.3 Å². The number of aliphatic hydroxyl groups is 1. The third kappa shape index (κ3) is 4.83. The lowest BCUT2D eigenvalue weighted by Crippen LogP contribution is -2.28. The van der Waals surface area contributed by atoms with Gasteiger partial charge in [0.1, 0.15) is 5.82 Å². The van der Waals surface area contributed by atoms with Crippen LogP contribution in [0.15, 0.2) is 48.5 Å². The first-order valence-electron chi connectivity index (χ1n) is 7.00. The molecule has 5 heteroatoms. The highest BCUT2D eigenvalue weighted by Crippen LogP contribution is 2.21. The average molecular weight is 322 g/mol. The molecular formula is C17H17ClFNO2. The minimum Gasteiger partial charge on any atom is -0.387 e. The molecule has 0 aliphatic heterocycles. The summed E-state index contributed by atoms with van der Waals surface area (Å²) in [6.45, 7) is 0.0890. The monoisotopic (exact) mass is 321 g/mol. The molecule has 2 N–H and O–H groups in total. The number of carbonyl (C=O) groups is 1. The first-order chi connectivity index (χ1) is 10.6. The summed E-state index contributed by atoms with van der Waals surface area (Å²) in [6, 6.07) is 13.1. The Balaban J connectivity index is 1.79. The summed E-state index contributed by atoms with van der Waals surface area (Å²) < 4.78 is 13.0. The maximum atomic E-state index is 13.0. The van der Waals surface area contributed by atoms with Crippen LogP contribution in [0, 0.1) is 5.82 Å². The van der Waals surface area contributed by atoms with E-state index >= 15 is 0 Å². The molecule has 0 bridgehead atoms. The maximum absolute atomic E-state index is 13.0. The summed E-state index contributed by atoms with van der Waals surface area (Å²) in [5.41, 5.74) is 1.34. The average Bonchev–Trinajstić information content (AvgIpc) is 2.51. The van der Waals surface area contributed by atoms with Crippen LogP contribution in [0.5, 0.6) is 0 Å². The van der Waals surface area contributed by atoms with Crippen molar-refractivity contribution in [2.75, 3.05) is 6.54 Å². The zero-order chi connectivity index (χ0) is 15.9. The van der Waals surface area contributed by atoms with Gasteiger partial charge in [-0.1, -0.05) is 41.9 Å². The number of halogens is 2. The van der Waals surface area contributed by atoms with E-state index in [1.165, 1.54) is 12.1 Å². The highest BCUT2D eigenvalue weighted by molar-refractivity contribution is 6.31. The topological polar surface area (TPSA) is 49.3 Å². The minimum absolute atomic E-state index is 0.0890. The van der Waals surface area contributed by atoms with Gasteiger partial charge in [0.05, 0.1) is 6.10 Å². The molecule has 0 heterocycles. The fourth-order valence-electron chi connectivity index (χ4n) is 2.10. The summed E-state index contributed by atoms with van der Waals surface area (Å²) in [6.07, 6.45) is -0.170. The number of benzene rings is 2. The summed E-state index contributed by atoms with van der Waals surface area (Å²) >= 11 is 5.98. The molecule has 116 valence electrons. The summed E-state index contributed by atoms with van der Waals surface area (Å²) in [7, 11) is 0. The summed E-state index contributed by atoms with van der Waals surface area (Å²) in [4.78, 5) is 11.8. The number of hydrogen-bond acceptors (Lipinski definition) is 2. The molecular weight excluding hydrogens is 305 g/mol. The number of aryl methyl sites for hydroxylation is 1. The van der Waals surface area contributed by atoms with Crippen LogP contribution < -0.4 is 5.32 Å². The van der Waals surface area contributed by atoms with Crippen molar-refractivity contribution in [3.63, 3.8) is 0 Å². The first kappa shape index (κ1) is 16.5. The van der Waals surface area contributed by atoms with E-state index in [-0.39, 0.29) is 24.7 Å². The van der Waals surface area contributed by atoms with Crippen LogP contribution >= 0.6 is 11.6 Å². The van der Waals surface area contributed by atoms with Crippen molar-refractivity contribution in [2.45, 2.75) is 18.9 Å². The van der Waals surface area contributed by atoms with Gasteiger partial charge in [0.15, 0.2) is 0 Å². The Hall–Kier alpha value is -1.91. The highest BCUT2D eigenvalue weighted by atomic mass is 35.5. The van der Waals surface area contributed by atoms with Crippen LogP contribution in [0.1, 0.15) is 23.7 Å². The largest absolute Gasteiger partial charge is 0.387 e. The molecule has 0 radical (unpaired) electrons. The predicted molar refractivity (Wildman–Crippen MR) is 84.1 cm³/mol. The SMILES string of the molecule is O=C(CCc1cccc(F)c1)NCC(O)c1ccccc1Cl. The van der Waals surface area contributed by atoms with Crippen molar-refractivity contribution >= 4 is 17.5 Å². The molecule has 1 amide bonds. The lowest BCUT2D eigenvalue weighted by atomic mass is 10.1. The molecule has 0 aliphatic rings. The van der Waals surface area contributed by atoms with E-state index in [1.807, 2.05) is 0 Å². The van der Waals surface area contributed by atoms with Crippen molar-refractivity contribution in [1.29, 1.82) is 0 Å². The lowest BCUT2D eigenvalue weighted by Gasteiger charge is -2.13. The fraction of sp³-hybridized carbons (Fsp3) is 0.235. The van der Waals surface area contributed by atoms with Gasteiger partial charge < -0.3 is 10.4 Å². The Morgan fingerprint density at radius 2 is 2.00 bits per heavy atom. The van der Waals surface area contributed by atoms with Crippen molar-refractivity contribution in [3.05, 3.63) is 70.5 Å². The second-order valence-corrected chi connectivity index (χ2v) is 5.38. The Labute approximate surface area is 133 Å². The van der Waals surface area contributed by atoms with Gasteiger partial charge in [0.25, 0.3) is 0 Å². The smallest absolute Gasteiger partial charge is 0.220 e. The van der Waals surface area contributed by atoms with Crippen LogP contribution in [0.25, 0.3) is 0 Å². The normalized spacial score (nSPS) is 12.0. The van der Waals surface area contributed by atoms with Crippen LogP contribution in [0.3, 0.4) is 0 Å². The second kappa shape index (κ2) is 7.92. The van der Waals surface area contributed by atoms with Crippen LogP contribution in [-0.2, 0) is 11.2 Å². The Bertz CT molecular complexity index is 648. The zero-order valence-electron chi connectivity index (χ0n) is 11.9. The lowest BCUT2D eigenvalue weighted by molar-refractivity contribution is -0.121. The first-order valence-corrected chi connectivity index (χ1v) is 7.37. The number of carbonyl (C=O) groups excluding carboxylic acids is 1. The van der Waals surface area contributed by atoms with Gasteiger partial charge in [-0.2, -0.15) is 0 Å². The van der Waals surface area contributed by atoms with Gasteiger partial charge in [0, 0.05) is 23.6 Å². The number of nitrogens with one attached hydrogen (secondary N) is 1. The van der Waals surface area contributed by atoms with Crippen LogP contribution in [0.4, 0.5) is 4.39 Å². The molecule has 1 unspecified atom stereocenters. The molecule has 0 aliphatic carbocycles. The van der Waals surface area contributed by atoms with E-state index in [9.17, 15) is 14.3 Å². The Kier molecular flexibility index (Phi) is 5.92. The number of aliphatic hydroxyl groups excluding tert-OH is 1. The molecule has 22 heavy (non-hydrogen) atoms. The zero-order valence-corrected chi connectivity index (χ0v) is 12.7. The van der Waals surface area contributed by atoms with E-state index in [0.29, 0.717) is 17.0 Å². The summed E-state index contributed by atoms with van der Waals surface area (Å²) in [5.74, 6) is -0.512. The third-order valence-electron chi connectivity index (χ3n) is 3.29. The molecule has 0 saturated carbocycles. The van der Waals surface area contributed by atoms with E-state index < -0.39 is 6.10 Å². The molecule has 2 aromatic carbocycles. The predicted octanol–water partition coefficient (Wildman–Crippen LogP) is 3.26. The van der Waals surface area contributed by atoms with Crippen molar-refractivity contribution in [1.82, 2.24) is 5.32 Å². The Morgan fingerprint density at radius 3 is 2.73 bits per heavy atom.